The number of rotatable bonds is 5. The van der Waals surface area contributed by atoms with E-state index in [1.165, 1.54) is 5.56 Å². The molecule has 0 unspecified atom stereocenters. The molecule has 25 heavy (non-hydrogen) atoms. The monoisotopic (exact) mass is 345 g/mol. The quantitative estimate of drug-likeness (QED) is 0.845. The Hall–Kier alpha value is -1.43. The van der Waals surface area contributed by atoms with Gasteiger partial charge in [-0.2, -0.15) is 0 Å². The van der Waals surface area contributed by atoms with Crippen LogP contribution < -0.4 is 5.32 Å². The SMILES string of the molecule is CN1CCC(C(=O)N[C@H]2CN(Cc3ccccc3)CC[C@@H]2CO)CC1. The van der Waals surface area contributed by atoms with Crippen molar-refractivity contribution in [1.29, 1.82) is 0 Å². The summed E-state index contributed by atoms with van der Waals surface area (Å²) in [6.07, 6.45) is 2.81. The van der Waals surface area contributed by atoms with Crippen LogP contribution in [0.1, 0.15) is 24.8 Å². The lowest BCUT2D eigenvalue weighted by atomic mass is 9.90. The van der Waals surface area contributed by atoms with E-state index in [0.29, 0.717) is 0 Å². The molecule has 2 N–H and O–H groups in total. The maximum Gasteiger partial charge on any atom is 0.223 e. The predicted octanol–water partition coefficient (Wildman–Crippen LogP) is 1.33. The van der Waals surface area contributed by atoms with Gasteiger partial charge in [0, 0.05) is 37.6 Å². The first-order valence-electron chi connectivity index (χ1n) is 9.51. The van der Waals surface area contributed by atoms with Crippen LogP contribution in [0.25, 0.3) is 0 Å². The molecule has 2 aliphatic heterocycles. The van der Waals surface area contributed by atoms with Crippen molar-refractivity contribution in [2.24, 2.45) is 11.8 Å². The molecule has 5 heteroatoms. The maximum atomic E-state index is 12.7. The van der Waals surface area contributed by atoms with Crippen molar-refractivity contribution >= 4 is 5.91 Å². The third kappa shape index (κ3) is 5.03. The van der Waals surface area contributed by atoms with Gasteiger partial charge in [0.15, 0.2) is 0 Å². The summed E-state index contributed by atoms with van der Waals surface area (Å²) in [6.45, 7) is 4.83. The number of hydrogen-bond acceptors (Lipinski definition) is 4. The van der Waals surface area contributed by atoms with E-state index >= 15 is 0 Å². The van der Waals surface area contributed by atoms with Crippen molar-refractivity contribution in [3.05, 3.63) is 35.9 Å². The van der Waals surface area contributed by atoms with Crippen LogP contribution in [0.15, 0.2) is 30.3 Å². The Kier molecular flexibility index (Phi) is 6.45. The number of nitrogens with one attached hydrogen (secondary N) is 1. The highest BCUT2D eigenvalue weighted by atomic mass is 16.3. The van der Waals surface area contributed by atoms with E-state index in [2.05, 4.69) is 46.4 Å². The van der Waals surface area contributed by atoms with Gasteiger partial charge in [-0.15, -0.1) is 0 Å². The zero-order valence-electron chi connectivity index (χ0n) is 15.2. The number of aliphatic hydroxyl groups is 1. The maximum absolute atomic E-state index is 12.7. The fourth-order valence-electron chi connectivity index (χ4n) is 4.01. The Bertz CT molecular complexity index is 543. The summed E-state index contributed by atoms with van der Waals surface area (Å²) < 4.78 is 0. The van der Waals surface area contributed by atoms with Crippen LogP contribution in [-0.4, -0.2) is 66.7 Å². The van der Waals surface area contributed by atoms with Crippen molar-refractivity contribution < 1.29 is 9.90 Å². The lowest BCUT2D eigenvalue weighted by molar-refractivity contribution is -0.128. The molecular weight excluding hydrogens is 314 g/mol. The molecule has 2 saturated heterocycles. The summed E-state index contributed by atoms with van der Waals surface area (Å²) in [5, 5.41) is 13.0. The minimum absolute atomic E-state index is 0.0506. The highest BCUT2D eigenvalue weighted by Gasteiger charge is 2.32. The molecule has 0 saturated carbocycles. The molecule has 1 aromatic carbocycles. The minimum atomic E-state index is 0.0506. The smallest absolute Gasteiger partial charge is 0.223 e. The number of piperidine rings is 2. The van der Waals surface area contributed by atoms with Gasteiger partial charge in [0.25, 0.3) is 0 Å². The molecule has 0 radical (unpaired) electrons. The fourth-order valence-corrected chi connectivity index (χ4v) is 4.01. The number of likely N-dealkylation sites (tertiary alicyclic amines) is 2. The Morgan fingerprint density at radius 1 is 1.16 bits per heavy atom. The summed E-state index contributed by atoms with van der Waals surface area (Å²) in [4.78, 5) is 17.3. The van der Waals surface area contributed by atoms with Gasteiger partial charge >= 0.3 is 0 Å². The first-order valence-corrected chi connectivity index (χ1v) is 9.51. The Balaban J connectivity index is 1.56. The van der Waals surface area contributed by atoms with Gasteiger partial charge in [-0.3, -0.25) is 9.69 Å². The summed E-state index contributed by atoms with van der Waals surface area (Å²) in [5.74, 6) is 0.473. The predicted molar refractivity (Wildman–Crippen MR) is 99.1 cm³/mol. The highest BCUT2D eigenvalue weighted by molar-refractivity contribution is 5.79. The molecule has 138 valence electrons. The number of amides is 1. The number of aliphatic hydroxyl groups excluding tert-OH is 1. The van der Waals surface area contributed by atoms with Gasteiger partial charge in [0.05, 0.1) is 0 Å². The summed E-state index contributed by atoms with van der Waals surface area (Å²) in [5.41, 5.74) is 1.30. The van der Waals surface area contributed by atoms with Crippen molar-refractivity contribution in [2.75, 3.05) is 39.8 Å². The second-order valence-corrected chi connectivity index (χ2v) is 7.64. The second-order valence-electron chi connectivity index (χ2n) is 7.64. The Morgan fingerprint density at radius 2 is 1.88 bits per heavy atom. The van der Waals surface area contributed by atoms with Crippen molar-refractivity contribution in [1.82, 2.24) is 15.1 Å². The first-order chi connectivity index (χ1) is 12.2. The van der Waals surface area contributed by atoms with Gasteiger partial charge in [-0.1, -0.05) is 30.3 Å². The number of carbonyl (C=O) groups is 1. The van der Waals surface area contributed by atoms with Gasteiger partial charge in [0.1, 0.15) is 0 Å². The van der Waals surface area contributed by atoms with Gasteiger partial charge in [0.2, 0.25) is 5.91 Å². The molecule has 0 bridgehead atoms. The van der Waals surface area contributed by atoms with Gasteiger partial charge in [-0.25, -0.2) is 0 Å². The van der Waals surface area contributed by atoms with Crippen LogP contribution in [0, 0.1) is 11.8 Å². The molecule has 2 heterocycles. The number of hydrogen-bond donors (Lipinski definition) is 2. The van der Waals surface area contributed by atoms with Crippen LogP contribution in [0.2, 0.25) is 0 Å². The van der Waals surface area contributed by atoms with Gasteiger partial charge < -0.3 is 15.3 Å². The number of benzene rings is 1. The molecule has 1 amide bonds. The molecule has 2 fully saturated rings. The fraction of sp³-hybridized carbons (Fsp3) is 0.650. The molecule has 0 aliphatic carbocycles. The van der Waals surface area contributed by atoms with E-state index in [-0.39, 0.29) is 30.4 Å². The van der Waals surface area contributed by atoms with E-state index < -0.39 is 0 Å². The largest absolute Gasteiger partial charge is 0.396 e. The van der Waals surface area contributed by atoms with Gasteiger partial charge in [-0.05, 0) is 51.5 Å². The second kappa shape index (κ2) is 8.79. The van der Waals surface area contributed by atoms with E-state index in [1.54, 1.807) is 0 Å². The van der Waals surface area contributed by atoms with E-state index in [1.807, 2.05) is 6.07 Å². The molecule has 0 spiro atoms. The lowest BCUT2D eigenvalue weighted by Gasteiger charge is -2.39. The Morgan fingerprint density at radius 3 is 2.56 bits per heavy atom. The third-order valence-corrected chi connectivity index (χ3v) is 5.74. The van der Waals surface area contributed by atoms with Crippen molar-refractivity contribution in [3.8, 4) is 0 Å². The van der Waals surface area contributed by atoms with Crippen LogP contribution >= 0.6 is 0 Å². The van der Waals surface area contributed by atoms with Crippen molar-refractivity contribution in [3.63, 3.8) is 0 Å². The van der Waals surface area contributed by atoms with Crippen LogP contribution in [-0.2, 0) is 11.3 Å². The van der Waals surface area contributed by atoms with E-state index in [0.717, 1.165) is 52.0 Å². The molecule has 2 aliphatic rings. The topological polar surface area (TPSA) is 55.8 Å². The molecule has 2 atom stereocenters. The third-order valence-electron chi connectivity index (χ3n) is 5.74. The number of carbonyl (C=O) groups excluding carboxylic acids is 1. The standard InChI is InChI=1S/C20H31N3O2/c1-22-10-7-17(8-11-22)20(25)21-19-14-23(12-9-18(19)15-24)13-16-5-3-2-4-6-16/h2-6,17-19,24H,7-15H2,1H3,(H,21,25)/t18-,19+/m1/s1. The van der Waals surface area contributed by atoms with Crippen LogP contribution in [0.4, 0.5) is 0 Å². The molecule has 3 rings (SSSR count). The van der Waals surface area contributed by atoms with E-state index in [9.17, 15) is 9.90 Å². The molecule has 1 aromatic rings. The van der Waals surface area contributed by atoms with Crippen molar-refractivity contribution in [2.45, 2.75) is 31.8 Å². The lowest BCUT2D eigenvalue weighted by Crippen LogP contribution is -2.55. The number of nitrogens with zero attached hydrogens (tertiary/aromatic N) is 2. The molecule has 0 aromatic heterocycles. The highest BCUT2D eigenvalue weighted by Crippen LogP contribution is 2.22. The van der Waals surface area contributed by atoms with Crippen LogP contribution in [0.3, 0.4) is 0 Å². The average molecular weight is 345 g/mol. The molecule has 5 nitrogen and oxygen atoms in total. The summed E-state index contributed by atoms with van der Waals surface area (Å²) in [6, 6.07) is 10.5. The normalized spacial score (nSPS) is 26.5. The molecular formula is C20H31N3O2. The zero-order valence-corrected chi connectivity index (χ0v) is 15.2. The minimum Gasteiger partial charge on any atom is -0.396 e. The zero-order chi connectivity index (χ0) is 17.6. The summed E-state index contributed by atoms with van der Waals surface area (Å²) in [7, 11) is 2.11. The summed E-state index contributed by atoms with van der Waals surface area (Å²) >= 11 is 0. The Labute approximate surface area is 151 Å². The average Bonchev–Trinajstić information content (AvgIpc) is 2.63. The van der Waals surface area contributed by atoms with E-state index in [4.69, 9.17) is 0 Å². The first kappa shape index (κ1) is 18.4. The van der Waals surface area contributed by atoms with Crippen LogP contribution in [0.5, 0.6) is 0 Å².